The molecule has 1 amide bonds. The fraction of sp³-hybridized carbons (Fsp3) is 0.462. The smallest absolute Gasteiger partial charge is 0.257 e. The van der Waals surface area contributed by atoms with Crippen molar-refractivity contribution < 1.29 is 9.53 Å². The van der Waals surface area contributed by atoms with Crippen LogP contribution < -0.4 is 4.74 Å². The van der Waals surface area contributed by atoms with E-state index >= 15 is 0 Å². The minimum atomic E-state index is -0.113. The second-order valence-electron chi connectivity index (χ2n) is 8.92. The number of likely N-dealkylation sites (tertiary alicyclic amines) is 1. The molecule has 5 nitrogen and oxygen atoms in total. The molecule has 2 heterocycles. The lowest BCUT2D eigenvalue weighted by Gasteiger charge is -2.34. The van der Waals surface area contributed by atoms with E-state index in [2.05, 4.69) is 49.9 Å². The molecule has 2 aliphatic rings. The zero-order chi connectivity index (χ0) is 22.0. The molecule has 2 atom stereocenters. The number of hydrazone groups is 1. The summed E-state index contributed by atoms with van der Waals surface area (Å²) in [5, 5.41) is 6.63. The largest absolute Gasteiger partial charge is 0.497 e. The summed E-state index contributed by atoms with van der Waals surface area (Å²) in [6.45, 7) is 7.83. The maximum atomic E-state index is 13.5. The molecule has 1 fully saturated rings. The van der Waals surface area contributed by atoms with E-state index in [1.54, 1.807) is 12.1 Å². The second kappa shape index (κ2) is 9.23. The van der Waals surface area contributed by atoms with Gasteiger partial charge in [-0.1, -0.05) is 36.2 Å². The van der Waals surface area contributed by atoms with Gasteiger partial charge in [0.1, 0.15) is 5.75 Å². The first-order valence-electron chi connectivity index (χ1n) is 11.3. The van der Waals surface area contributed by atoms with Gasteiger partial charge >= 0.3 is 0 Å². The summed E-state index contributed by atoms with van der Waals surface area (Å²) in [5.74, 6) is 0.872. The summed E-state index contributed by atoms with van der Waals surface area (Å²) in [5.41, 5.74) is 5.56. The molecule has 164 valence electrons. The van der Waals surface area contributed by atoms with Crippen molar-refractivity contribution in [1.29, 1.82) is 0 Å². The van der Waals surface area contributed by atoms with Gasteiger partial charge in [-0.25, -0.2) is 5.01 Å². The Bertz CT molecular complexity index is 984. The third-order valence-electron chi connectivity index (χ3n) is 6.63. The first kappa shape index (κ1) is 21.6. The van der Waals surface area contributed by atoms with Crippen LogP contribution in [0.2, 0.25) is 0 Å². The molecule has 0 spiro atoms. The summed E-state index contributed by atoms with van der Waals surface area (Å²) in [6, 6.07) is 14.8. The van der Waals surface area contributed by atoms with Gasteiger partial charge in [0.05, 0.1) is 25.4 Å². The third kappa shape index (κ3) is 4.67. The number of aryl methyl sites for hydroxylation is 2. The molecule has 0 aliphatic carbocycles. The van der Waals surface area contributed by atoms with Crippen LogP contribution in [0.25, 0.3) is 0 Å². The van der Waals surface area contributed by atoms with Crippen LogP contribution in [-0.2, 0) is 4.79 Å². The van der Waals surface area contributed by atoms with Crippen molar-refractivity contribution >= 4 is 11.6 Å². The first-order chi connectivity index (χ1) is 15.0. The molecular weight excluding hydrogens is 386 g/mol. The standard InChI is InChI=1S/C26H33N3O2/c1-18-11-12-19(2)23(14-18)24-16-25(21-9-7-10-22(15-21)31-4)29(27-24)26(30)17-28-13-6-5-8-20(28)3/h7,9-12,14-15,20,25H,5-6,8,13,16-17H2,1-4H3/t20-,25-/m1/s1. The van der Waals surface area contributed by atoms with Gasteiger partial charge in [-0.2, -0.15) is 5.10 Å². The topological polar surface area (TPSA) is 45.1 Å². The minimum Gasteiger partial charge on any atom is -0.497 e. The Morgan fingerprint density at radius 2 is 2.00 bits per heavy atom. The van der Waals surface area contributed by atoms with Gasteiger partial charge in [0, 0.05) is 18.0 Å². The summed E-state index contributed by atoms with van der Waals surface area (Å²) in [6.07, 6.45) is 4.27. The first-order valence-corrected chi connectivity index (χ1v) is 11.3. The molecule has 2 aliphatic heterocycles. The second-order valence-corrected chi connectivity index (χ2v) is 8.92. The van der Waals surface area contributed by atoms with Crippen LogP contribution >= 0.6 is 0 Å². The quantitative estimate of drug-likeness (QED) is 0.695. The Balaban J connectivity index is 1.66. The number of hydrogen-bond acceptors (Lipinski definition) is 4. The summed E-state index contributed by atoms with van der Waals surface area (Å²) in [4.78, 5) is 15.8. The normalized spacial score (nSPS) is 21.8. The molecule has 2 aromatic carbocycles. The lowest BCUT2D eigenvalue weighted by Crippen LogP contribution is -2.44. The van der Waals surface area contributed by atoms with E-state index in [0.29, 0.717) is 19.0 Å². The number of carbonyl (C=O) groups excluding carboxylic acids is 1. The average molecular weight is 420 g/mol. The van der Waals surface area contributed by atoms with E-state index in [1.165, 1.54) is 17.5 Å². The zero-order valence-corrected chi connectivity index (χ0v) is 19.1. The number of hydrogen-bond donors (Lipinski definition) is 0. The summed E-state index contributed by atoms with van der Waals surface area (Å²) in [7, 11) is 1.67. The molecule has 2 aromatic rings. The lowest BCUT2D eigenvalue weighted by molar-refractivity contribution is -0.135. The monoisotopic (exact) mass is 419 g/mol. The van der Waals surface area contributed by atoms with Crippen molar-refractivity contribution in [3.8, 4) is 5.75 Å². The molecular formula is C26H33N3O2. The summed E-state index contributed by atoms with van der Waals surface area (Å²) >= 11 is 0. The van der Waals surface area contributed by atoms with Crippen LogP contribution in [0, 0.1) is 13.8 Å². The molecule has 1 saturated heterocycles. The highest BCUT2D eigenvalue weighted by Gasteiger charge is 2.35. The number of methoxy groups -OCH3 is 1. The molecule has 4 rings (SSSR count). The van der Waals surface area contributed by atoms with Gasteiger partial charge in [0.2, 0.25) is 0 Å². The maximum Gasteiger partial charge on any atom is 0.257 e. The number of nitrogens with zero attached hydrogens (tertiary/aromatic N) is 3. The van der Waals surface area contributed by atoms with Gasteiger partial charge in [-0.15, -0.1) is 0 Å². The minimum absolute atomic E-state index is 0.0712. The Labute approximate surface area is 185 Å². The van der Waals surface area contributed by atoms with E-state index < -0.39 is 0 Å². The van der Waals surface area contributed by atoms with Crippen LogP contribution in [0.4, 0.5) is 0 Å². The molecule has 0 aromatic heterocycles. The molecule has 0 bridgehead atoms. The van der Waals surface area contributed by atoms with Crippen molar-refractivity contribution in [2.75, 3.05) is 20.2 Å². The molecule has 0 N–H and O–H groups in total. The van der Waals surface area contributed by atoms with Crippen molar-refractivity contribution in [1.82, 2.24) is 9.91 Å². The van der Waals surface area contributed by atoms with Gasteiger partial charge < -0.3 is 4.74 Å². The summed E-state index contributed by atoms with van der Waals surface area (Å²) < 4.78 is 5.44. The van der Waals surface area contributed by atoms with Crippen molar-refractivity contribution in [3.63, 3.8) is 0 Å². The van der Waals surface area contributed by atoms with Crippen molar-refractivity contribution in [2.45, 2.75) is 58.5 Å². The Morgan fingerprint density at radius 1 is 1.16 bits per heavy atom. The van der Waals surface area contributed by atoms with E-state index in [1.807, 2.05) is 18.2 Å². The third-order valence-corrected chi connectivity index (χ3v) is 6.63. The van der Waals surface area contributed by atoms with Crippen molar-refractivity contribution in [2.24, 2.45) is 5.10 Å². The SMILES string of the molecule is COc1cccc([C@H]2CC(c3cc(C)ccc3C)=NN2C(=O)CN2CCCC[C@H]2C)c1. The number of amides is 1. The fourth-order valence-corrected chi connectivity index (χ4v) is 4.70. The average Bonchev–Trinajstić information content (AvgIpc) is 3.22. The Morgan fingerprint density at radius 3 is 2.77 bits per heavy atom. The fourth-order valence-electron chi connectivity index (χ4n) is 4.70. The molecule has 0 unspecified atom stereocenters. The molecule has 5 heteroatoms. The molecule has 0 radical (unpaired) electrons. The van der Waals surface area contributed by atoms with Crippen LogP contribution in [0.3, 0.4) is 0 Å². The van der Waals surface area contributed by atoms with Crippen LogP contribution in [0.15, 0.2) is 47.6 Å². The highest BCUT2D eigenvalue weighted by Crippen LogP contribution is 2.35. The Hall–Kier alpha value is -2.66. The Kier molecular flexibility index (Phi) is 6.42. The van der Waals surface area contributed by atoms with Crippen molar-refractivity contribution in [3.05, 3.63) is 64.7 Å². The highest BCUT2D eigenvalue weighted by atomic mass is 16.5. The van der Waals surface area contributed by atoms with Crippen LogP contribution in [0.1, 0.15) is 60.9 Å². The molecule has 0 saturated carbocycles. The highest BCUT2D eigenvalue weighted by molar-refractivity contribution is 6.04. The molecule has 31 heavy (non-hydrogen) atoms. The van der Waals surface area contributed by atoms with Gasteiger partial charge in [-0.05, 0) is 69.5 Å². The predicted octanol–water partition coefficient (Wildman–Crippen LogP) is 4.86. The zero-order valence-electron chi connectivity index (χ0n) is 19.1. The van der Waals surface area contributed by atoms with Crippen LogP contribution in [-0.4, -0.2) is 47.8 Å². The maximum absolute atomic E-state index is 13.5. The number of rotatable bonds is 5. The number of carbonyl (C=O) groups is 1. The number of benzene rings is 2. The van der Waals surface area contributed by atoms with Gasteiger partial charge in [-0.3, -0.25) is 9.69 Å². The number of ether oxygens (including phenoxy) is 1. The lowest BCUT2D eigenvalue weighted by atomic mass is 9.95. The van der Waals surface area contributed by atoms with Crippen LogP contribution in [0.5, 0.6) is 5.75 Å². The van der Waals surface area contributed by atoms with E-state index in [9.17, 15) is 4.79 Å². The van der Waals surface area contributed by atoms with Gasteiger partial charge in [0.25, 0.3) is 5.91 Å². The number of piperidine rings is 1. The van der Waals surface area contributed by atoms with E-state index in [0.717, 1.165) is 42.0 Å². The van der Waals surface area contributed by atoms with E-state index in [-0.39, 0.29) is 11.9 Å². The van der Waals surface area contributed by atoms with E-state index in [4.69, 9.17) is 9.84 Å². The van der Waals surface area contributed by atoms with Gasteiger partial charge in [0.15, 0.2) is 0 Å². The predicted molar refractivity (Wildman–Crippen MR) is 125 cm³/mol.